The van der Waals surface area contributed by atoms with Gasteiger partial charge in [0.2, 0.25) is 0 Å². The summed E-state index contributed by atoms with van der Waals surface area (Å²) in [5.41, 5.74) is 4.84. The number of aryl methyl sites for hydroxylation is 2. The molecule has 3 rings (SSSR count). The van der Waals surface area contributed by atoms with E-state index < -0.39 is 0 Å². The molecule has 0 fully saturated rings. The molecule has 1 N–H and O–H groups in total. The molecule has 0 spiro atoms. The summed E-state index contributed by atoms with van der Waals surface area (Å²) < 4.78 is 12.7. The summed E-state index contributed by atoms with van der Waals surface area (Å²) >= 11 is 0. The van der Waals surface area contributed by atoms with Crippen LogP contribution in [0.3, 0.4) is 0 Å². The number of amides is 1. The molecule has 6 nitrogen and oxygen atoms in total. The van der Waals surface area contributed by atoms with Crippen molar-refractivity contribution in [2.75, 3.05) is 20.8 Å². The van der Waals surface area contributed by atoms with Crippen molar-refractivity contribution in [2.45, 2.75) is 26.8 Å². The van der Waals surface area contributed by atoms with E-state index in [-0.39, 0.29) is 5.91 Å². The molecule has 0 saturated heterocycles. The van der Waals surface area contributed by atoms with Gasteiger partial charge >= 0.3 is 0 Å². The number of benzene rings is 1. The Morgan fingerprint density at radius 2 is 1.86 bits per heavy atom. The van der Waals surface area contributed by atoms with Crippen LogP contribution in [0.15, 0.2) is 48.8 Å². The minimum Gasteiger partial charge on any atom is -0.493 e. The quantitative estimate of drug-likeness (QED) is 0.636. The Bertz CT molecular complexity index is 981. The Morgan fingerprint density at radius 3 is 2.55 bits per heavy atom. The van der Waals surface area contributed by atoms with Gasteiger partial charge in [0.05, 0.1) is 14.2 Å². The van der Waals surface area contributed by atoms with Gasteiger partial charge in [-0.25, -0.2) is 0 Å². The molecule has 0 aliphatic carbocycles. The number of nitrogens with one attached hydrogen (secondary N) is 1. The van der Waals surface area contributed by atoms with Gasteiger partial charge in [0.15, 0.2) is 11.5 Å². The number of methoxy groups -OCH3 is 2. The minimum absolute atomic E-state index is 0.0695. The number of hydrogen-bond acceptors (Lipinski definition) is 4. The number of carbonyl (C=O) groups excluding carboxylic acids is 1. The minimum atomic E-state index is -0.0695. The van der Waals surface area contributed by atoms with E-state index in [1.165, 1.54) is 0 Å². The van der Waals surface area contributed by atoms with Crippen LogP contribution >= 0.6 is 0 Å². The summed E-state index contributed by atoms with van der Waals surface area (Å²) in [6.45, 7) is 5.14. The second-order valence-electron chi connectivity index (χ2n) is 6.96. The molecule has 1 aromatic carbocycles. The standard InChI is InChI=1S/C23H27N3O3/c1-16-12-17(2)26(15-19-6-5-10-24-14-19)22(16)23(27)25-11-9-18-7-8-20(28-3)21(13-18)29-4/h5-8,10,12-14H,9,11,15H2,1-4H3,(H,25,27). The van der Waals surface area contributed by atoms with E-state index in [0.29, 0.717) is 36.7 Å². The Hall–Kier alpha value is -3.28. The van der Waals surface area contributed by atoms with Gasteiger partial charge in [0.25, 0.3) is 5.91 Å². The van der Waals surface area contributed by atoms with Crippen LogP contribution in [0.5, 0.6) is 11.5 Å². The summed E-state index contributed by atoms with van der Waals surface area (Å²) in [5, 5.41) is 3.05. The number of pyridine rings is 1. The normalized spacial score (nSPS) is 10.6. The zero-order chi connectivity index (χ0) is 20.8. The molecule has 0 aliphatic heterocycles. The van der Waals surface area contributed by atoms with Gasteiger partial charge in [-0.05, 0) is 61.2 Å². The summed E-state index contributed by atoms with van der Waals surface area (Å²) in [6, 6.07) is 11.8. The van der Waals surface area contributed by atoms with Crippen LogP contribution in [0.25, 0.3) is 0 Å². The lowest BCUT2D eigenvalue weighted by atomic mass is 10.1. The third-order valence-electron chi connectivity index (χ3n) is 4.92. The maximum absolute atomic E-state index is 12.9. The molecule has 2 aromatic heterocycles. The van der Waals surface area contributed by atoms with Crippen molar-refractivity contribution in [3.63, 3.8) is 0 Å². The van der Waals surface area contributed by atoms with Gasteiger partial charge in [0.1, 0.15) is 5.69 Å². The predicted octanol–water partition coefficient (Wildman–Crippen LogP) is 3.54. The van der Waals surface area contributed by atoms with Crippen molar-refractivity contribution in [3.8, 4) is 11.5 Å². The van der Waals surface area contributed by atoms with Crippen LogP contribution in [0.4, 0.5) is 0 Å². The highest BCUT2D eigenvalue weighted by Crippen LogP contribution is 2.27. The highest BCUT2D eigenvalue weighted by atomic mass is 16.5. The van der Waals surface area contributed by atoms with Crippen LogP contribution in [0, 0.1) is 13.8 Å². The summed E-state index contributed by atoms with van der Waals surface area (Å²) in [6.07, 6.45) is 4.28. The van der Waals surface area contributed by atoms with E-state index in [2.05, 4.69) is 10.3 Å². The van der Waals surface area contributed by atoms with Crippen LogP contribution in [-0.2, 0) is 13.0 Å². The fourth-order valence-corrected chi connectivity index (χ4v) is 3.47. The van der Waals surface area contributed by atoms with E-state index in [0.717, 1.165) is 22.4 Å². The molecular weight excluding hydrogens is 366 g/mol. The second-order valence-corrected chi connectivity index (χ2v) is 6.96. The van der Waals surface area contributed by atoms with E-state index in [9.17, 15) is 4.79 Å². The Morgan fingerprint density at radius 1 is 1.07 bits per heavy atom. The molecule has 0 bridgehead atoms. The van der Waals surface area contributed by atoms with Crippen molar-refractivity contribution in [1.82, 2.24) is 14.9 Å². The van der Waals surface area contributed by atoms with Gasteiger partial charge in [-0.15, -0.1) is 0 Å². The highest BCUT2D eigenvalue weighted by Gasteiger charge is 2.17. The van der Waals surface area contributed by atoms with Crippen molar-refractivity contribution in [1.29, 1.82) is 0 Å². The molecule has 0 aliphatic rings. The lowest BCUT2D eigenvalue weighted by molar-refractivity contribution is 0.0944. The second kappa shape index (κ2) is 9.28. The molecule has 0 radical (unpaired) electrons. The average molecular weight is 393 g/mol. The lowest BCUT2D eigenvalue weighted by Crippen LogP contribution is -2.29. The van der Waals surface area contributed by atoms with Crippen LogP contribution in [0.2, 0.25) is 0 Å². The first-order valence-electron chi connectivity index (χ1n) is 9.58. The molecule has 6 heteroatoms. The molecule has 29 heavy (non-hydrogen) atoms. The first kappa shape index (κ1) is 20.5. The predicted molar refractivity (Wildman–Crippen MR) is 113 cm³/mol. The Labute approximate surface area is 171 Å². The maximum Gasteiger partial charge on any atom is 0.268 e. The van der Waals surface area contributed by atoms with Crippen LogP contribution < -0.4 is 14.8 Å². The average Bonchev–Trinajstić information content (AvgIpc) is 3.01. The smallest absolute Gasteiger partial charge is 0.268 e. The van der Waals surface area contributed by atoms with E-state index in [4.69, 9.17) is 9.47 Å². The molecule has 0 unspecified atom stereocenters. The molecular formula is C23H27N3O3. The van der Waals surface area contributed by atoms with Gasteiger partial charge in [-0.3, -0.25) is 9.78 Å². The van der Waals surface area contributed by atoms with Crippen LogP contribution in [0.1, 0.15) is 32.9 Å². The van der Waals surface area contributed by atoms with Crippen LogP contribution in [-0.4, -0.2) is 36.2 Å². The highest BCUT2D eigenvalue weighted by molar-refractivity contribution is 5.94. The molecule has 0 saturated carbocycles. The Balaban J connectivity index is 1.68. The topological polar surface area (TPSA) is 65.4 Å². The maximum atomic E-state index is 12.9. The van der Waals surface area contributed by atoms with E-state index in [1.807, 2.05) is 61.0 Å². The fourth-order valence-electron chi connectivity index (χ4n) is 3.47. The van der Waals surface area contributed by atoms with Gasteiger partial charge in [0, 0.05) is 31.2 Å². The monoisotopic (exact) mass is 393 g/mol. The number of aromatic nitrogens is 2. The van der Waals surface area contributed by atoms with Gasteiger partial charge in [-0.2, -0.15) is 0 Å². The number of carbonyl (C=O) groups is 1. The SMILES string of the molecule is COc1ccc(CCNC(=O)c2c(C)cc(C)n2Cc2cccnc2)cc1OC. The zero-order valence-corrected chi connectivity index (χ0v) is 17.4. The molecule has 152 valence electrons. The van der Waals surface area contributed by atoms with Crippen molar-refractivity contribution >= 4 is 5.91 Å². The summed E-state index contributed by atoms with van der Waals surface area (Å²) in [7, 11) is 3.23. The largest absolute Gasteiger partial charge is 0.493 e. The van der Waals surface area contributed by atoms with Gasteiger partial charge < -0.3 is 19.4 Å². The third kappa shape index (κ3) is 4.77. The molecule has 2 heterocycles. The number of ether oxygens (including phenoxy) is 2. The van der Waals surface area contributed by atoms with Gasteiger partial charge in [-0.1, -0.05) is 12.1 Å². The summed E-state index contributed by atoms with van der Waals surface area (Å²) in [4.78, 5) is 17.1. The van der Waals surface area contributed by atoms with Crippen molar-refractivity contribution in [2.24, 2.45) is 0 Å². The molecule has 1 amide bonds. The first-order chi connectivity index (χ1) is 14.0. The summed E-state index contributed by atoms with van der Waals surface area (Å²) in [5.74, 6) is 1.31. The third-order valence-corrected chi connectivity index (χ3v) is 4.92. The number of nitrogens with zero attached hydrogens (tertiary/aromatic N) is 2. The Kier molecular flexibility index (Phi) is 6.54. The lowest BCUT2D eigenvalue weighted by Gasteiger charge is -2.13. The van der Waals surface area contributed by atoms with E-state index >= 15 is 0 Å². The van der Waals surface area contributed by atoms with Crippen molar-refractivity contribution < 1.29 is 14.3 Å². The molecule has 0 atom stereocenters. The first-order valence-corrected chi connectivity index (χ1v) is 9.58. The van der Waals surface area contributed by atoms with Crippen molar-refractivity contribution in [3.05, 3.63) is 76.9 Å². The zero-order valence-electron chi connectivity index (χ0n) is 17.4. The van der Waals surface area contributed by atoms with E-state index in [1.54, 1.807) is 20.4 Å². The fraction of sp³-hybridized carbons (Fsp3) is 0.304. The number of hydrogen-bond donors (Lipinski definition) is 1. The molecule has 3 aromatic rings. The number of rotatable bonds is 8.